The Morgan fingerprint density at radius 3 is 2.15 bits per heavy atom. The van der Waals surface area contributed by atoms with Gasteiger partial charge >= 0.3 is 0 Å². The normalized spacial score (nSPS) is 14.8. The lowest BCUT2D eigenvalue weighted by Crippen LogP contribution is -2.48. The highest BCUT2D eigenvalue weighted by atomic mass is 19.1. The third-order valence-corrected chi connectivity index (χ3v) is 5.88. The number of ether oxygens (including phenoxy) is 2. The molecule has 2 aliphatic rings. The van der Waals surface area contributed by atoms with Gasteiger partial charge in [0.05, 0.1) is 16.6 Å². The number of hydrogen-bond acceptors (Lipinski definition) is 6. The van der Waals surface area contributed by atoms with Gasteiger partial charge in [0.15, 0.2) is 11.5 Å². The molecule has 7 nitrogen and oxygen atoms in total. The fourth-order valence-electron chi connectivity index (χ4n) is 4.16. The molecule has 1 aromatic heterocycles. The van der Waals surface area contributed by atoms with Crippen LogP contribution in [0.2, 0.25) is 0 Å². The molecule has 6 rings (SSSR count). The summed E-state index contributed by atoms with van der Waals surface area (Å²) in [7, 11) is 0. The van der Waals surface area contributed by atoms with E-state index in [0.29, 0.717) is 54.3 Å². The molecule has 0 unspecified atom stereocenters. The molecule has 1 fully saturated rings. The molecular weight excluding hydrogens is 423 g/mol. The van der Waals surface area contributed by atoms with Crippen LogP contribution in [0.25, 0.3) is 11.0 Å². The lowest BCUT2D eigenvalue weighted by molar-refractivity contribution is 0.0743. The second kappa shape index (κ2) is 7.74. The van der Waals surface area contributed by atoms with Crippen molar-refractivity contribution in [2.75, 3.05) is 31.1 Å². The first-order valence-corrected chi connectivity index (χ1v) is 10.7. The first-order valence-electron chi connectivity index (χ1n) is 10.7. The number of amides is 1. The van der Waals surface area contributed by atoms with Gasteiger partial charge in [0.1, 0.15) is 5.82 Å². The summed E-state index contributed by atoms with van der Waals surface area (Å²) in [5.74, 6) is 0.902. The number of para-hydroxylation sites is 3. The van der Waals surface area contributed by atoms with Crippen molar-refractivity contribution < 1.29 is 18.7 Å². The minimum atomic E-state index is -0.261. The molecule has 0 saturated carbocycles. The van der Waals surface area contributed by atoms with Crippen molar-refractivity contribution in [3.63, 3.8) is 0 Å². The van der Waals surface area contributed by atoms with E-state index in [0.717, 1.165) is 5.69 Å². The first-order chi connectivity index (χ1) is 16.2. The van der Waals surface area contributed by atoms with Gasteiger partial charge in [-0.05, 0) is 48.5 Å². The van der Waals surface area contributed by atoms with E-state index >= 15 is 0 Å². The Balaban J connectivity index is 1.23. The Kier molecular flexibility index (Phi) is 4.57. The van der Waals surface area contributed by atoms with E-state index in [1.165, 1.54) is 12.1 Å². The van der Waals surface area contributed by atoms with Gasteiger partial charge in [0.25, 0.3) is 17.7 Å². The van der Waals surface area contributed by atoms with Crippen molar-refractivity contribution in [2.45, 2.75) is 0 Å². The van der Waals surface area contributed by atoms with Crippen LogP contribution in [-0.4, -0.2) is 47.0 Å². The Hall–Kier alpha value is -4.20. The quantitative estimate of drug-likeness (QED) is 0.397. The predicted molar refractivity (Wildman–Crippen MR) is 121 cm³/mol. The van der Waals surface area contributed by atoms with Gasteiger partial charge < -0.3 is 19.3 Å². The van der Waals surface area contributed by atoms with E-state index in [9.17, 15) is 9.18 Å². The SMILES string of the molecule is O=C(c1cccc2c1Oc1nc3ccccc3nc1O2)N1CCN(c2ccc(F)cc2)CC1. The van der Waals surface area contributed by atoms with Gasteiger partial charge in [0.2, 0.25) is 0 Å². The highest BCUT2D eigenvalue weighted by Crippen LogP contribution is 2.45. The third-order valence-electron chi connectivity index (χ3n) is 5.88. The molecule has 33 heavy (non-hydrogen) atoms. The number of fused-ring (bicyclic) bond motifs is 3. The lowest BCUT2D eigenvalue weighted by Gasteiger charge is -2.36. The summed E-state index contributed by atoms with van der Waals surface area (Å²) in [6.45, 7) is 2.40. The van der Waals surface area contributed by atoms with Crippen LogP contribution in [0.15, 0.2) is 66.7 Å². The molecule has 0 spiro atoms. The summed E-state index contributed by atoms with van der Waals surface area (Å²) in [5, 5.41) is 0. The van der Waals surface area contributed by atoms with Crippen LogP contribution in [0.3, 0.4) is 0 Å². The Morgan fingerprint density at radius 2 is 1.45 bits per heavy atom. The molecule has 0 bridgehead atoms. The lowest BCUT2D eigenvalue weighted by atomic mass is 10.1. The Morgan fingerprint density at radius 1 is 0.788 bits per heavy atom. The zero-order chi connectivity index (χ0) is 22.4. The molecule has 8 heteroatoms. The highest BCUT2D eigenvalue weighted by Gasteiger charge is 2.30. The van der Waals surface area contributed by atoms with Crippen molar-refractivity contribution in [1.82, 2.24) is 14.9 Å². The molecule has 0 radical (unpaired) electrons. The van der Waals surface area contributed by atoms with Crippen LogP contribution in [0, 0.1) is 5.82 Å². The molecule has 3 aromatic carbocycles. The summed E-state index contributed by atoms with van der Waals surface area (Å²) >= 11 is 0. The van der Waals surface area contributed by atoms with Crippen molar-refractivity contribution in [3.05, 3.63) is 78.1 Å². The van der Waals surface area contributed by atoms with E-state index < -0.39 is 0 Å². The second-order valence-corrected chi connectivity index (χ2v) is 7.92. The van der Waals surface area contributed by atoms with E-state index in [4.69, 9.17) is 9.47 Å². The summed E-state index contributed by atoms with van der Waals surface area (Å²) in [5.41, 5.74) is 2.75. The molecule has 0 aliphatic carbocycles. The van der Waals surface area contributed by atoms with Gasteiger partial charge in [-0.3, -0.25) is 4.79 Å². The smallest absolute Gasteiger partial charge is 0.284 e. The number of aromatic nitrogens is 2. The maximum atomic E-state index is 13.4. The molecule has 164 valence electrons. The zero-order valence-electron chi connectivity index (χ0n) is 17.6. The maximum absolute atomic E-state index is 13.4. The van der Waals surface area contributed by atoms with E-state index in [2.05, 4.69) is 14.9 Å². The zero-order valence-corrected chi connectivity index (χ0v) is 17.6. The number of nitrogens with zero attached hydrogens (tertiary/aromatic N) is 4. The summed E-state index contributed by atoms with van der Waals surface area (Å²) in [6, 6.07) is 19.1. The second-order valence-electron chi connectivity index (χ2n) is 7.92. The van der Waals surface area contributed by atoms with Crippen LogP contribution in [0.4, 0.5) is 10.1 Å². The van der Waals surface area contributed by atoms with Gasteiger partial charge in [-0.25, -0.2) is 14.4 Å². The molecule has 4 aromatic rings. The fraction of sp³-hybridized carbons (Fsp3) is 0.160. The molecular formula is C25H19FN4O3. The number of rotatable bonds is 2. The summed E-state index contributed by atoms with van der Waals surface area (Å²) in [4.78, 5) is 26.3. The fourth-order valence-corrected chi connectivity index (χ4v) is 4.16. The minimum Gasteiger partial charge on any atom is -0.431 e. The number of benzene rings is 3. The Bertz CT molecular complexity index is 1370. The van der Waals surface area contributed by atoms with Crippen molar-refractivity contribution in [2.24, 2.45) is 0 Å². The molecule has 1 saturated heterocycles. The van der Waals surface area contributed by atoms with E-state index in [1.807, 2.05) is 24.3 Å². The van der Waals surface area contributed by atoms with Crippen LogP contribution in [0.5, 0.6) is 23.3 Å². The third kappa shape index (κ3) is 3.49. The van der Waals surface area contributed by atoms with Gasteiger partial charge in [0, 0.05) is 31.9 Å². The number of carbonyl (C=O) groups is 1. The topological polar surface area (TPSA) is 67.8 Å². The average Bonchev–Trinajstić information content (AvgIpc) is 2.86. The molecule has 0 N–H and O–H groups in total. The van der Waals surface area contributed by atoms with E-state index in [-0.39, 0.29) is 23.5 Å². The molecule has 2 aliphatic heterocycles. The summed E-state index contributed by atoms with van der Waals surface area (Å²) in [6.07, 6.45) is 0. The standard InChI is InChI=1S/C25H19FN4O3/c26-16-8-10-17(11-9-16)29-12-14-30(15-13-29)25(31)18-4-3-7-21-22(18)33-24-23(32-21)27-19-5-1-2-6-20(19)28-24/h1-11H,12-15H2. The number of piperazine rings is 1. The van der Waals surface area contributed by atoms with Crippen molar-refractivity contribution in [3.8, 4) is 23.3 Å². The Labute approximate surface area is 189 Å². The number of anilines is 1. The summed E-state index contributed by atoms with van der Waals surface area (Å²) < 4.78 is 25.2. The van der Waals surface area contributed by atoms with E-state index in [1.54, 1.807) is 35.2 Å². The molecule has 3 heterocycles. The van der Waals surface area contributed by atoms with Gasteiger partial charge in [-0.15, -0.1) is 0 Å². The van der Waals surface area contributed by atoms with Crippen LogP contribution < -0.4 is 14.4 Å². The average molecular weight is 442 g/mol. The largest absolute Gasteiger partial charge is 0.431 e. The van der Waals surface area contributed by atoms with Crippen LogP contribution in [0.1, 0.15) is 10.4 Å². The number of carbonyl (C=O) groups excluding carboxylic acids is 1. The van der Waals surface area contributed by atoms with Gasteiger partial charge in [-0.1, -0.05) is 18.2 Å². The first kappa shape index (κ1) is 19.5. The number of halogens is 1. The van der Waals surface area contributed by atoms with Crippen LogP contribution in [-0.2, 0) is 0 Å². The monoisotopic (exact) mass is 442 g/mol. The van der Waals surface area contributed by atoms with Crippen LogP contribution >= 0.6 is 0 Å². The highest BCUT2D eigenvalue weighted by molar-refractivity contribution is 5.98. The van der Waals surface area contributed by atoms with Crippen molar-refractivity contribution in [1.29, 1.82) is 0 Å². The molecule has 0 atom stereocenters. The minimum absolute atomic E-state index is 0.133. The maximum Gasteiger partial charge on any atom is 0.284 e. The molecule has 1 amide bonds. The van der Waals surface area contributed by atoms with Gasteiger partial charge in [-0.2, -0.15) is 0 Å². The predicted octanol–water partition coefficient (Wildman–Crippen LogP) is 4.63. The van der Waals surface area contributed by atoms with Crippen molar-refractivity contribution >= 4 is 22.6 Å². The number of hydrogen-bond donors (Lipinski definition) is 0.